The van der Waals surface area contributed by atoms with Crippen LogP contribution in [0.2, 0.25) is 10.0 Å². The molecular formula is C22H19Cl2FN2O2S. The summed E-state index contributed by atoms with van der Waals surface area (Å²) < 4.78 is 14.5. The number of para-hydroxylation sites is 1. The number of nitrogens with zero attached hydrogens (tertiary/aromatic N) is 2. The predicted molar refractivity (Wildman–Crippen MR) is 123 cm³/mol. The van der Waals surface area contributed by atoms with Crippen LogP contribution in [0.3, 0.4) is 0 Å². The Hall–Kier alpha value is -2.15. The Labute approximate surface area is 188 Å². The second kappa shape index (κ2) is 8.92. The number of amides is 1. The average Bonchev–Trinajstić information content (AvgIpc) is 2.97. The number of ketones is 1. The first-order valence-corrected chi connectivity index (χ1v) is 10.8. The molecule has 0 saturated carbocycles. The van der Waals surface area contributed by atoms with Crippen molar-refractivity contribution in [2.75, 3.05) is 10.7 Å². The number of Topliss-reactive ketones (excluding diaryl/α,β-unsaturated/α-hetero) is 1. The molecule has 30 heavy (non-hydrogen) atoms. The van der Waals surface area contributed by atoms with Gasteiger partial charge in [0.05, 0.1) is 21.5 Å². The summed E-state index contributed by atoms with van der Waals surface area (Å²) >= 11 is 13.1. The largest absolute Gasteiger partial charge is 0.298 e. The molecule has 0 aromatic heterocycles. The molecule has 156 valence electrons. The van der Waals surface area contributed by atoms with E-state index >= 15 is 0 Å². The second-order valence-corrected chi connectivity index (χ2v) is 9.41. The van der Waals surface area contributed by atoms with Crippen molar-refractivity contribution in [1.29, 1.82) is 0 Å². The van der Waals surface area contributed by atoms with Gasteiger partial charge >= 0.3 is 0 Å². The number of carbonyl (C=O) groups is 2. The summed E-state index contributed by atoms with van der Waals surface area (Å²) in [5.41, 5.74) is 0.288. The maximum Gasteiger partial charge on any atom is 0.283 e. The maximum atomic E-state index is 14.5. The number of anilines is 1. The van der Waals surface area contributed by atoms with Gasteiger partial charge in [-0.25, -0.2) is 9.38 Å². The van der Waals surface area contributed by atoms with Crippen LogP contribution >= 0.6 is 35.0 Å². The summed E-state index contributed by atoms with van der Waals surface area (Å²) in [6, 6.07) is 10.9. The Bertz CT molecular complexity index is 1080. The number of hydrogen-bond donors (Lipinski definition) is 0. The Balaban J connectivity index is 1.99. The van der Waals surface area contributed by atoms with Crippen molar-refractivity contribution in [3.8, 4) is 0 Å². The van der Waals surface area contributed by atoms with Gasteiger partial charge < -0.3 is 0 Å². The molecule has 0 radical (unpaired) electrons. The number of carbonyl (C=O) groups excluding carboxylic acids is 2. The summed E-state index contributed by atoms with van der Waals surface area (Å²) in [4.78, 5) is 31.0. The van der Waals surface area contributed by atoms with Gasteiger partial charge in [-0.2, -0.15) is 0 Å². The third kappa shape index (κ3) is 4.94. The van der Waals surface area contributed by atoms with Crippen LogP contribution in [0.5, 0.6) is 0 Å². The molecule has 0 aliphatic carbocycles. The van der Waals surface area contributed by atoms with Gasteiger partial charge in [0, 0.05) is 5.41 Å². The van der Waals surface area contributed by atoms with Gasteiger partial charge in [0.1, 0.15) is 17.3 Å². The standard InChI is InChI=1S/C22H19Cl2FN2O2S/c1-22(2,3)19(28)12-30-21-26-17(11-13-8-9-14(23)15(24)10-13)20(29)27(21)18-7-5-4-6-16(18)25/h4-11H,12H2,1-3H3/b17-11+. The minimum Gasteiger partial charge on any atom is -0.298 e. The fourth-order valence-electron chi connectivity index (χ4n) is 2.55. The highest BCUT2D eigenvalue weighted by Gasteiger charge is 2.34. The SMILES string of the molecule is CC(C)(C)C(=O)CSC1=N/C(=C/c2ccc(Cl)c(Cl)c2)C(=O)N1c1ccccc1F. The third-order valence-corrected chi connectivity index (χ3v) is 6.02. The molecule has 2 aromatic rings. The quantitative estimate of drug-likeness (QED) is 0.504. The molecule has 1 aliphatic heterocycles. The Morgan fingerprint density at radius 1 is 1.17 bits per heavy atom. The lowest BCUT2D eigenvalue weighted by molar-refractivity contribution is -0.123. The van der Waals surface area contributed by atoms with Crippen LogP contribution in [0.15, 0.2) is 53.2 Å². The molecule has 0 spiro atoms. The van der Waals surface area contributed by atoms with Crippen LogP contribution in [-0.4, -0.2) is 22.6 Å². The van der Waals surface area contributed by atoms with Crippen molar-refractivity contribution in [3.05, 3.63) is 69.6 Å². The number of hydrogen-bond acceptors (Lipinski definition) is 4. The second-order valence-electron chi connectivity index (χ2n) is 7.65. The minimum absolute atomic E-state index is 0.00181. The number of benzene rings is 2. The zero-order valence-corrected chi connectivity index (χ0v) is 18.9. The first kappa shape index (κ1) is 22.5. The normalized spacial score (nSPS) is 15.7. The molecule has 1 heterocycles. The molecule has 1 aliphatic rings. The van der Waals surface area contributed by atoms with Crippen molar-refractivity contribution >= 4 is 63.6 Å². The van der Waals surface area contributed by atoms with Crippen molar-refractivity contribution in [1.82, 2.24) is 0 Å². The average molecular weight is 465 g/mol. The molecule has 1 amide bonds. The van der Waals surface area contributed by atoms with E-state index in [2.05, 4.69) is 4.99 Å². The Kier molecular flexibility index (Phi) is 6.70. The first-order chi connectivity index (χ1) is 14.1. The highest BCUT2D eigenvalue weighted by atomic mass is 35.5. The molecule has 4 nitrogen and oxygen atoms in total. The van der Waals surface area contributed by atoms with E-state index in [1.165, 1.54) is 17.0 Å². The fraction of sp³-hybridized carbons (Fsp3) is 0.227. The van der Waals surface area contributed by atoms with Crippen molar-refractivity contribution in [2.45, 2.75) is 20.8 Å². The molecule has 3 rings (SSSR count). The molecule has 2 aromatic carbocycles. The van der Waals surface area contributed by atoms with Gasteiger partial charge in [-0.15, -0.1) is 0 Å². The molecule has 0 bridgehead atoms. The van der Waals surface area contributed by atoms with E-state index in [0.29, 0.717) is 15.6 Å². The van der Waals surface area contributed by atoms with Crippen molar-refractivity contribution < 1.29 is 14.0 Å². The van der Waals surface area contributed by atoms with Gasteiger partial charge in [0.2, 0.25) is 0 Å². The summed E-state index contributed by atoms with van der Waals surface area (Å²) in [6.07, 6.45) is 1.55. The van der Waals surface area contributed by atoms with Crippen LogP contribution < -0.4 is 4.90 Å². The number of amidine groups is 1. The minimum atomic E-state index is -0.558. The molecule has 0 atom stereocenters. The third-order valence-electron chi connectivity index (χ3n) is 4.34. The molecular weight excluding hydrogens is 446 g/mol. The molecule has 0 unspecified atom stereocenters. The van der Waals surface area contributed by atoms with Crippen LogP contribution in [0.25, 0.3) is 6.08 Å². The number of rotatable bonds is 4. The van der Waals surface area contributed by atoms with Crippen molar-refractivity contribution in [3.63, 3.8) is 0 Å². The number of thioether (sulfide) groups is 1. The van der Waals surface area contributed by atoms with E-state index in [4.69, 9.17) is 23.2 Å². The van der Waals surface area contributed by atoms with Crippen LogP contribution in [0.4, 0.5) is 10.1 Å². The molecule has 8 heteroatoms. The van der Waals surface area contributed by atoms with Crippen LogP contribution in [-0.2, 0) is 9.59 Å². The van der Waals surface area contributed by atoms with E-state index in [9.17, 15) is 14.0 Å². The van der Waals surface area contributed by atoms with Gasteiger partial charge in [-0.1, -0.05) is 73.9 Å². The highest BCUT2D eigenvalue weighted by molar-refractivity contribution is 8.14. The lowest BCUT2D eigenvalue weighted by Crippen LogP contribution is -2.32. The smallest absolute Gasteiger partial charge is 0.283 e. The van der Waals surface area contributed by atoms with Gasteiger partial charge in [-0.05, 0) is 35.9 Å². The maximum absolute atomic E-state index is 14.5. The fourth-order valence-corrected chi connectivity index (χ4v) is 4.02. The van der Waals surface area contributed by atoms with Gasteiger partial charge in [-0.3, -0.25) is 14.5 Å². The van der Waals surface area contributed by atoms with Crippen molar-refractivity contribution in [2.24, 2.45) is 10.4 Å². The zero-order chi connectivity index (χ0) is 22.1. The number of aliphatic imine (C=N–C) groups is 1. The summed E-state index contributed by atoms with van der Waals surface area (Å²) in [6.45, 7) is 5.46. The molecule has 0 saturated heterocycles. The van der Waals surface area contributed by atoms with E-state index in [1.54, 1.807) is 36.4 Å². The van der Waals surface area contributed by atoms with Gasteiger partial charge in [0.25, 0.3) is 5.91 Å². The van der Waals surface area contributed by atoms with Crippen LogP contribution in [0.1, 0.15) is 26.3 Å². The summed E-state index contributed by atoms with van der Waals surface area (Å²) in [5.74, 6) is -0.937. The Morgan fingerprint density at radius 3 is 2.50 bits per heavy atom. The Morgan fingerprint density at radius 2 is 1.87 bits per heavy atom. The van der Waals surface area contributed by atoms with E-state index < -0.39 is 17.1 Å². The summed E-state index contributed by atoms with van der Waals surface area (Å²) in [7, 11) is 0. The van der Waals surface area contributed by atoms with E-state index in [0.717, 1.165) is 11.8 Å². The lowest BCUT2D eigenvalue weighted by Gasteiger charge is -2.20. The molecule has 0 N–H and O–H groups in total. The molecule has 0 fully saturated rings. The highest BCUT2D eigenvalue weighted by Crippen LogP contribution is 2.32. The van der Waals surface area contributed by atoms with E-state index in [-0.39, 0.29) is 28.1 Å². The van der Waals surface area contributed by atoms with Crippen LogP contribution in [0, 0.1) is 11.2 Å². The van der Waals surface area contributed by atoms with E-state index in [1.807, 2.05) is 20.8 Å². The van der Waals surface area contributed by atoms with Gasteiger partial charge in [0.15, 0.2) is 5.17 Å². The topological polar surface area (TPSA) is 49.7 Å². The lowest BCUT2D eigenvalue weighted by atomic mass is 9.92. The predicted octanol–water partition coefficient (Wildman–Crippen LogP) is 6.22. The zero-order valence-electron chi connectivity index (χ0n) is 16.6. The number of halogens is 3. The summed E-state index contributed by atoms with van der Waals surface area (Å²) in [5, 5.41) is 0.982. The monoisotopic (exact) mass is 464 g/mol. The first-order valence-electron chi connectivity index (χ1n) is 9.08.